The second-order valence-electron chi connectivity index (χ2n) is 6.10. The average molecular weight is 214 g/mol. The van der Waals surface area contributed by atoms with Gasteiger partial charge >= 0.3 is 5.97 Å². The van der Waals surface area contributed by atoms with Crippen LogP contribution in [0.5, 0.6) is 0 Å². The smallest absolute Gasteiger partial charge is 0.312 e. The molecule has 1 atom stereocenters. The van der Waals surface area contributed by atoms with E-state index in [9.17, 15) is 4.79 Å². The maximum atomic E-state index is 12.1. The van der Waals surface area contributed by atoms with E-state index >= 15 is 0 Å². The topological polar surface area (TPSA) is 26.3 Å². The lowest BCUT2D eigenvalue weighted by Crippen LogP contribution is -2.51. The molecule has 0 spiro atoms. The van der Waals surface area contributed by atoms with E-state index in [1.165, 1.54) is 7.11 Å². The fourth-order valence-electron chi connectivity index (χ4n) is 2.16. The zero-order valence-corrected chi connectivity index (χ0v) is 11.5. The summed E-state index contributed by atoms with van der Waals surface area (Å²) in [5.74, 6) is -0.109. The quantitative estimate of drug-likeness (QED) is 0.670. The summed E-state index contributed by atoms with van der Waals surface area (Å²) < 4.78 is 4.99. The highest BCUT2D eigenvalue weighted by molar-refractivity contribution is 5.78. The van der Waals surface area contributed by atoms with Gasteiger partial charge in [0.1, 0.15) is 0 Å². The Kier molecular flexibility index (Phi) is 4.00. The van der Waals surface area contributed by atoms with Crippen LogP contribution in [0.15, 0.2) is 0 Å². The molecule has 0 aliphatic rings. The minimum atomic E-state index is -0.469. The number of ether oxygens (including phenoxy) is 1. The second-order valence-corrected chi connectivity index (χ2v) is 6.10. The minimum absolute atomic E-state index is 0.0711. The molecule has 0 fully saturated rings. The summed E-state index contributed by atoms with van der Waals surface area (Å²) in [5.41, 5.74) is -0.651. The lowest BCUT2D eigenvalue weighted by molar-refractivity contribution is -0.171. The standard InChI is InChI=1S/C13H26O2/c1-9-12(5,6)13(7,10(14)15-8)11(2,3)4/h9H2,1-8H3. The first-order chi connectivity index (χ1) is 6.54. The van der Waals surface area contributed by atoms with E-state index in [1.54, 1.807) is 0 Å². The Balaban J connectivity index is 5.52. The summed E-state index contributed by atoms with van der Waals surface area (Å²) in [6.07, 6.45) is 0.954. The molecule has 0 radical (unpaired) electrons. The first-order valence-electron chi connectivity index (χ1n) is 5.63. The molecule has 0 saturated carbocycles. The van der Waals surface area contributed by atoms with Gasteiger partial charge < -0.3 is 4.74 Å². The van der Waals surface area contributed by atoms with Crippen molar-refractivity contribution in [2.24, 2.45) is 16.2 Å². The molecule has 0 aromatic carbocycles. The summed E-state index contributed by atoms with van der Waals surface area (Å²) in [6, 6.07) is 0. The van der Waals surface area contributed by atoms with Gasteiger partial charge in [-0.15, -0.1) is 0 Å². The van der Waals surface area contributed by atoms with E-state index in [2.05, 4.69) is 41.5 Å². The fourth-order valence-corrected chi connectivity index (χ4v) is 2.16. The van der Waals surface area contributed by atoms with Crippen LogP contribution in [0.4, 0.5) is 0 Å². The van der Waals surface area contributed by atoms with E-state index in [-0.39, 0.29) is 16.8 Å². The number of hydrogen-bond donors (Lipinski definition) is 0. The van der Waals surface area contributed by atoms with Crippen molar-refractivity contribution in [1.29, 1.82) is 0 Å². The van der Waals surface area contributed by atoms with Gasteiger partial charge in [-0.2, -0.15) is 0 Å². The monoisotopic (exact) mass is 214 g/mol. The molecule has 90 valence electrons. The molecule has 0 aliphatic heterocycles. The Hall–Kier alpha value is -0.530. The summed E-state index contributed by atoms with van der Waals surface area (Å²) in [4.78, 5) is 12.1. The van der Waals surface area contributed by atoms with Crippen LogP contribution in [0.25, 0.3) is 0 Å². The average Bonchev–Trinajstić information content (AvgIpc) is 2.13. The Bertz CT molecular complexity index is 235. The van der Waals surface area contributed by atoms with Crippen molar-refractivity contribution in [2.75, 3.05) is 7.11 Å². The predicted octanol–water partition coefficient (Wildman–Crippen LogP) is 3.65. The van der Waals surface area contributed by atoms with E-state index in [0.29, 0.717) is 0 Å². The molecule has 0 aromatic heterocycles. The highest BCUT2D eigenvalue weighted by Crippen LogP contribution is 2.53. The van der Waals surface area contributed by atoms with Gasteiger partial charge in [0.2, 0.25) is 0 Å². The summed E-state index contributed by atoms with van der Waals surface area (Å²) in [6.45, 7) is 14.7. The third-order valence-corrected chi connectivity index (χ3v) is 4.33. The number of hydrogen-bond acceptors (Lipinski definition) is 2. The Morgan fingerprint density at radius 1 is 1.07 bits per heavy atom. The number of carbonyl (C=O) groups excluding carboxylic acids is 1. The van der Waals surface area contributed by atoms with Gasteiger partial charge in [-0.25, -0.2) is 0 Å². The number of carbonyl (C=O) groups is 1. The Labute approximate surface area is 94.4 Å². The first-order valence-corrected chi connectivity index (χ1v) is 5.63. The largest absolute Gasteiger partial charge is 0.469 e. The summed E-state index contributed by atoms with van der Waals surface area (Å²) in [7, 11) is 1.47. The zero-order chi connectivity index (χ0) is 12.5. The molecule has 2 heteroatoms. The molecule has 0 saturated heterocycles. The molecule has 15 heavy (non-hydrogen) atoms. The van der Waals surface area contributed by atoms with Crippen molar-refractivity contribution in [3.8, 4) is 0 Å². The van der Waals surface area contributed by atoms with Crippen molar-refractivity contribution >= 4 is 5.97 Å². The van der Waals surface area contributed by atoms with Crippen molar-refractivity contribution in [3.05, 3.63) is 0 Å². The maximum absolute atomic E-state index is 12.1. The third kappa shape index (κ3) is 2.19. The SMILES string of the molecule is CCC(C)(C)C(C)(C(=O)OC)C(C)(C)C. The van der Waals surface area contributed by atoms with E-state index < -0.39 is 5.41 Å². The van der Waals surface area contributed by atoms with Crippen molar-refractivity contribution in [1.82, 2.24) is 0 Å². The lowest BCUT2D eigenvalue weighted by Gasteiger charge is -2.50. The minimum Gasteiger partial charge on any atom is -0.469 e. The molecule has 0 rings (SSSR count). The molecule has 0 aliphatic carbocycles. The van der Waals surface area contributed by atoms with E-state index in [4.69, 9.17) is 4.74 Å². The van der Waals surface area contributed by atoms with Crippen molar-refractivity contribution in [2.45, 2.75) is 54.9 Å². The van der Waals surface area contributed by atoms with Gasteiger partial charge in [0.25, 0.3) is 0 Å². The van der Waals surface area contributed by atoms with Gasteiger partial charge in [-0.05, 0) is 24.2 Å². The number of methoxy groups -OCH3 is 1. The molecule has 0 heterocycles. The molecule has 0 aromatic rings. The lowest BCUT2D eigenvalue weighted by atomic mass is 9.53. The highest BCUT2D eigenvalue weighted by atomic mass is 16.5. The van der Waals surface area contributed by atoms with Gasteiger partial charge in [-0.3, -0.25) is 4.79 Å². The third-order valence-electron chi connectivity index (χ3n) is 4.33. The fraction of sp³-hybridized carbons (Fsp3) is 0.923. The Morgan fingerprint density at radius 2 is 1.47 bits per heavy atom. The van der Waals surface area contributed by atoms with Crippen LogP contribution in [-0.4, -0.2) is 13.1 Å². The summed E-state index contributed by atoms with van der Waals surface area (Å²) >= 11 is 0. The van der Waals surface area contributed by atoms with Gasteiger partial charge in [0.05, 0.1) is 12.5 Å². The second kappa shape index (κ2) is 4.15. The maximum Gasteiger partial charge on any atom is 0.312 e. The molecule has 2 nitrogen and oxygen atoms in total. The van der Waals surface area contributed by atoms with Crippen molar-refractivity contribution < 1.29 is 9.53 Å². The van der Waals surface area contributed by atoms with Crippen molar-refractivity contribution in [3.63, 3.8) is 0 Å². The van der Waals surface area contributed by atoms with Crippen LogP contribution < -0.4 is 0 Å². The molecule has 1 unspecified atom stereocenters. The van der Waals surface area contributed by atoms with Crippen LogP contribution >= 0.6 is 0 Å². The van der Waals surface area contributed by atoms with Crippen LogP contribution in [0.1, 0.15) is 54.9 Å². The molecule has 0 bridgehead atoms. The highest BCUT2D eigenvalue weighted by Gasteiger charge is 2.54. The van der Waals surface area contributed by atoms with Crippen LogP contribution in [-0.2, 0) is 9.53 Å². The number of esters is 1. The normalized spacial score (nSPS) is 17.1. The predicted molar refractivity (Wildman–Crippen MR) is 63.7 cm³/mol. The van der Waals surface area contributed by atoms with E-state index in [0.717, 1.165) is 6.42 Å². The molecule has 0 amide bonds. The first kappa shape index (κ1) is 14.5. The molecular formula is C13H26O2. The number of rotatable bonds is 3. The summed E-state index contributed by atoms with van der Waals surface area (Å²) in [5, 5.41) is 0. The van der Waals surface area contributed by atoms with Crippen LogP contribution in [0.2, 0.25) is 0 Å². The van der Waals surface area contributed by atoms with Crippen LogP contribution in [0, 0.1) is 16.2 Å². The molecular weight excluding hydrogens is 188 g/mol. The zero-order valence-electron chi connectivity index (χ0n) is 11.5. The molecule has 0 N–H and O–H groups in total. The van der Waals surface area contributed by atoms with Gasteiger partial charge in [-0.1, -0.05) is 41.5 Å². The van der Waals surface area contributed by atoms with Gasteiger partial charge in [0, 0.05) is 0 Å². The van der Waals surface area contributed by atoms with Crippen LogP contribution in [0.3, 0.4) is 0 Å². The van der Waals surface area contributed by atoms with Gasteiger partial charge in [0.15, 0.2) is 0 Å². The van der Waals surface area contributed by atoms with E-state index in [1.807, 2.05) is 6.92 Å². The Morgan fingerprint density at radius 3 is 1.67 bits per heavy atom.